The molecule has 67 heavy (non-hydrogen) atoms. The summed E-state index contributed by atoms with van der Waals surface area (Å²) >= 11 is 1.44. The fourth-order valence-electron chi connectivity index (χ4n) is 8.37. The maximum absolute atomic E-state index is 14.9. The Balaban J connectivity index is 1.23. The van der Waals surface area contributed by atoms with Gasteiger partial charge in [-0.1, -0.05) is 44.6 Å². The Morgan fingerprint density at radius 2 is 1.78 bits per heavy atom. The van der Waals surface area contributed by atoms with E-state index in [2.05, 4.69) is 26.0 Å². The van der Waals surface area contributed by atoms with Gasteiger partial charge in [-0.2, -0.15) is 0 Å². The van der Waals surface area contributed by atoms with Crippen LogP contribution in [0.15, 0.2) is 71.0 Å². The molecule has 1 saturated heterocycles. The zero-order valence-corrected chi connectivity index (χ0v) is 40.9. The van der Waals surface area contributed by atoms with Crippen molar-refractivity contribution in [2.24, 2.45) is 11.8 Å². The highest BCUT2D eigenvalue weighted by atomic mass is 32.2. The molecule has 1 aliphatic carbocycles. The van der Waals surface area contributed by atoms with Crippen molar-refractivity contribution < 1.29 is 41.8 Å². The minimum Gasteiger partial charge on any atom is -0.497 e. The molecule has 5 atom stereocenters. The summed E-state index contributed by atoms with van der Waals surface area (Å²) in [5.41, 5.74) is -0.425. The van der Waals surface area contributed by atoms with Gasteiger partial charge in [0.15, 0.2) is 5.13 Å². The normalized spacial score (nSPS) is 22.7. The molecule has 4 amide bonds. The van der Waals surface area contributed by atoms with Crippen LogP contribution in [-0.2, 0) is 29.1 Å². The van der Waals surface area contributed by atoms with Crippen LogP contribution in [0.3, 0.4) is 0 Å². The van der Waals surface area contributed by atoms with Crippen LogP contribution in [0.4, 0.5) is 15.6 Å². The lowest BCUT2D eigenvalue weighted by atomic mass is 10.0. The molecule has 360 valence electrons. The summed E-state index contributed by atoms with van der Waals surface area (Å²) in [7, 11) is -2.84. The van der Waals surface area contributed by atoms with Gasteiger partial charge in [0.1, 0.15) is 51.4 Å². The van der Waals surface area contributed by atoms with E-state index in [9.17, 15) is 27.6 Å². The molecule has 1 saturated carbocycles. The molecule has 2 unspecified atom stereocenters. The molecule has 7 rings (SSSR count). The lowest BCUT2D eigenvalue weighted by Crippen LogP contribution is -2.59. The number of anilines is 2. The molecule has 0 radical (unpaired) electrons. The number of hydrogen-bond acceptors (Lipinski definition) is 14. The zero-order chi connectivity index (χ0) is 48.3. The fourth-order valence-corrected chi connectivity index (χ4v) is 10.4. The summed E-state index contributed by atoms with van der Waals surface area (Å²) < 4.78 is 47.9. The predicted molar refractivity (Wildman–Crippen MR) is 258 cm³/mol. The molecule has 4 heterocycles. The fraction of sp³-hybridized carbons (Fsp3) is 0.500. The lowest BCUT2D eigenvalue weighted by molar-refractivity contribution is -0.141. The molecule has 0 spiro atoms. The number of amides is 4. The molecule has 2 aromatic heterocycles. The van der Waals surface area contributed by atoms with E-state index in [1.54, 1.807) is 78.1 Å². The number of ether oxygens (including phenoxy) is 3. The van der Waals surface area contributed by atoms with Crippen LogP contribution in [0, 0.1) is 11.8 Å². The highest BCUT2D eigenvalue weighted by molar-refractivity contribution is 7.90. The van der Waals surface area contributed by atoms with Crippen molar-refractivity contribution in [2.45, 2.75) is 127 Å². The van der Waals surface area contributed by atoms with Gasteiger partial charge in [-0.3, -0.25) is 14.4 Å². The van der Waals surface area contributed by atoms with Crippen molar-refractivity contribution in [1.29, 1.82) is 0 Å². The number of benzene rings is 2. The first kappa shape index (κ1) is 49.0. The summed E-state index contributed by atoms with van der Waals surface area (Å²) in [6.45, 7) is 13.2. The van der Waals surface area contributed by atoms with E-state index in [0.29, 0.717) is 46.0 Å². The highest BCUT2D eigenvalue weighted by Gasteiger charge is 2.62. The van der Waals surface area contributed by atoms with Gasteiger partial charge in [0, 0.05) is 47.8 Å². The molecule has 2 aromatic carbocycles. The number of thiazole rings is 1. The third-order valence-electron chi connectivity index (χ3n) is 11.8. The van der Waals surface area contributed by atoms with E-state index in [1.807, 2.05) is 37.4 Å². The number of nitrogens with one attached hydrogen (secondary N) is 5. The standard InChI is InChI=1S/C48H62N8O9S2/c1-28(2)41(53-46(60)65-47(5,6)7)43(58)56-26-32(64-39-24-36(37-27-66-45(52-37)50-29(3)4)51-35-22-31(63-8)19-20-33(35)39)23-38(56)42(57)54-48-25-30(48)16-12-10-9-11-15-21-49-34-17-13-14-18-40(34)67(61,62)55-44(48)59/h12-14,16-20,22,24,27-30,32,38,41,49H,9-11,15,21,23,25-26H2,1-8H3,(H,50,52)(H,53,60)(H,54,57)(H,55,59)/b16-12-/t30?,32-,38+,41?,48-/m1/s1. The number of hydrogen-bond donors (Lipinski definition) is 5. The molecule has 19 heteroatoms. The number of nitrogens with zero attached hydrogens (tertiary/aromatic N) is 3. The van der Waals surface area contributed by atoms with E-state index in [0.717, 1.165) is 30.8 Å². The minimum atomic E-state index is -4.41. The summed E-state index contributed by atoms with van der Waals surface area (Å²) in [4.78, 5) is 68.2. The van der Waals surface area contributed by atoms with Gasteiger partial charge in [0.2, 0.25) is 11.8 Å². The average molecular weight is 959 g/mol. The molecular weight excluding hydrogens is 897 g/mol. The van der Waals surface area contributed by atoms with E-state index >= 15 is 0 Å². The van der Waals surface area contributed by atoms with Crippen molar-refractivity contribution in [3.05, 3.63) is 66.1 Å². The second kappa shape index (κ2) is 20.1. The second-order valence-electron chi connectivity index (χ2n) is 19.0. The number of likely N-dealkylation sites (tertiary alicyclic amines) is 1. The van der Waals surface area contributed by atoms with Crippen LogP contribution in [0.5, 0.6) is 11.5 Å². The Kier molecular flexibility index (Phi) is 14.7. The molecule has 2 aliphatic heterocycles. The topological polar surface area (TPSA) is 219 Å². The molecule has 2 fully saturated rings. The van der Waals surface area contributed by atoms with Crippen LogP contribution < -0.4 is 35.5 Å². The first-order valence-corrected chi connectivity index (χ1v) is 25.2. The van der Waals surface area contributed by atoms with Gasteiger partial charge >= 0.3 is 6.09 Å². The third-order valence-corrected chi connectivity index (χ3v) is 14.0. The SMILES string of the molecule is COc1ccc2c(O[C@@H]3C[C@@H](C(=O)N[C@]45CC4/C=C\CCCCCNc4ccccc4S(=O)(=O)NC5=O)N(C(=O)C(NC(=O)OC(C)(C)C)C(C)C)C3)cc(-c3csc(NC(C)C)n3)nc2c1. The van der Waals surface area contributed by atoms with Crippen LogP contribution in [0.2, 0.25) is 0 Å². The molecule has 3 aliphatic rings. The minimum absolute atomic E-state index is 0.0150. The maximum atomic E-state index is 14.9. The number of alkyl carbamates (subject to hydrolysis) is 1. The molecule has 5 N–H and O–H groups in total. The maximum Gasteiger partial charge on any atom is 0.408 e. The van der Waals surface area contributed by atoms with Gasteiger partial charge in [-0.25, -0.2) is 27.9 Å². The number of methoxy groups -OCH3 is 1. The number of fused-ring (bicyclic) bond motifs is 3. The average Bonchev–Trinajstić information content (AvgIpc) is 3.52. The number of aromatic nitrogens is 2. The predicted octanol–water partition coefficient (Wildman–Crippen LogP) is 7.01. The van der Waals surface area contributed by atoms with E-state index < -0.39 is 75.0 Å². The monoisotopic (exact) mass is 958 g/mol. The van der Waals surface area contributed by atoms with Gasteiger partial charge in [0.25, 0.3) is 15.9 Å². The number of carbonyl (C=O) groups is 4. The van der Waals surface area contributed by atoms with Crippen LogP contribution in [0.1, 0.15) is 87.0 Å². The summed E-state index contributed by atoms with van der Waals surface area (Å²) in [6.07, 6.45) is 5.69. The number of para-hydroxylation sites is 1. The van der Waals surface area contributed by atoms with Gasteiger partial charge in [-0.05, 0) is 90.5 Å². The molecule has 0 bridgehead atoms. The van der Waals surface area contributed by atoms with Gasteiger partial charge in [0.05, 0.1) is 30.6 Å². The van der Waals surface area contributed by atoms with Crippen molar-refractivity contribution in [3.8, 4) is 22.9 Å². The Labute approximate surface area is 396 Å². The smallest absolute Gasteiger partial charge is 0.408 e. The summed E-state index contributed by atoms with van der Waals surface area (Å²) in [5.74, 6) is -2.10. The summed E-state index contributed by atoms with van der Waals surface area (Å²) in [6, 6.07) is 11.4. The first-order chi connectivity index (χ1) is 31.8. The molecular formula is C48H62N8O9S2. The van der Waals surface area contributed by atoms with Crippen LogP contribution >= 0.6 is 11.3 Å². The van der Waals surface area contributed by atoms with Crippen molar-refractivity contribution in [3.63, 3.8) is 0 Å². The van der Waals surface area contributed by atoms with E-state index in [1.165, 1.54) is 22.3 Å². The zero-order valence-electron chi connectivity index (χ0n) is 39.3. The van der Waals surface area contributed by atoms with Gasteiger partial charge < -0.3 is 40.4 Å². The highest BCUT2D eigenvalue weighted by Crippen LogP contribution is 2.46. The molecule has 17 nitrogen and oxygen atoms in total. The van der Waals surface area contributed by atoms with Crippen LogP contribution in [0.25, 0.3) is 22.3 Å². The lowest BCUT2D eigenvalue weighted by Gasteiger charge is -2.31. The number of allylic oxidation sites excluding steroid dienone is 1. The number of rotatable bonds is 11. The second-order valence-corrected chi connectivity index (χ2v) is 21.5. The number of sulfonamides is 1. The third kappa shape index (κ3) is 11.6. The Morgan fingerprint density at radius 1 is 1.00 bits per heavy atom. The Bertz CT molecular complexity index is 2630. The van der Waals surface area contributed by atoms with Crippen molar-refractivity contribution in [2.75, 3.05) is 30.8 Å². The van der Waals surface area contributed by atoms with E-state index in [-0.39, 0.29) is 30.3 Å². The Hall–Kier alpha value is -5.95. The van der Waals surface area contributed by atoms with Crippen molar-refractivity contribution >= 4 is 66.9 Å². The number of carbonyl (C=O) groups excluding carboxylic acids is 4. The van der Waals surface area contributed by atoms with Crippen molar-refractivity contribution in [1.82, 2.24) is 30.2 Å². The van der Waals surface area contributed by atoms with Gasteiger partial charge in [-0.15, -0.1) is 11.3 Å². The largest absolute Gasteiger partial charge is 0.497 e. The van der Waals surface area contributed by atoms with Crippen LogP contribution in [-0.4, -0.2) is 103 Å². The quantitative estimate of drug-likeness (QED) is 0.0958. The summed E-state index contributed by atoms with van der Waals surface area (Å²) in [5, 5.41) is 15.4. The Morgan fingerprint density at radius 3 is 2.51 bits per heavy atom. The molecule has 4 aromatic rings. The van der Waals surface area contributed by atoms with E-state index in [4.69, 9.17) is 24.2 Å². The first-order valence-electron chi connectivity index (χ1n) is 22.8. The number of pyridine rings is 1.